The third kappa shape index (κ3) is 7.59. The highest BCUT2D eigenvalue weighted by Gasteiger charge is 2.13. The van der Waals surface area contributed by atoms with Gasteiger partial charge in [0, 0.05) is 33.3 Å². The molecule has 5 heteroatoms. The molecule has 3 aromatic rings. The van der Waals surface area contributed by atoms with Crippen molar-refractivity contribution in [2.45, 2.75) is 13.3 Å². The molecule has 2 N–H and O–H groups in total. The van der Waals surface area contributed by atoms with E-state index in [1.54, 1.807) is 26.2 Å². The first-order valence-electron chi connectivity index (χ1n) is 11.9. The van der Waals surface area contributed by atoms with E-state index in [-0.39, 0.29) is 11.7 Å². The van der Waals surface area contributed by atoms with E-state index < -0.39 is 0 Å². The predicted octanol–water partition coefficient (Wildman–Crippen LogP) is 5.37. The lowest BCUT2D eigenvalue weighted by molar-refractivity contribution is -0.123. The van der Waals surface area contributed by atoms with Gasteiger partial charge in [0.05, 0.1) is 0 Å². The first kappa shape index (κ1) is 25.8. The fourth-order valence-corrected chi connectivity index (χ4v) is 3.79. The summed E-state index contributed by atoms with van der Waals surface area (Å²) in [5, 5.41) is 13.4. The van der Waals surface area contributed by atoms with E-state index in [0.29, 0.717) is 19.7 Å². The smallest absolute Gasteiger partial charge is 0.245 e. The number of likely N-dealkylation sites (N-methyl/N-ethyl adjacent to an activating group) is 1. The highest BCUT2D eigenvalue weighted by molar-refractivity contribution is 5.98. The Hall–Kier alpha value is -3.83. The molecule has 0 spiro atoms. The quantitative estimate of drug-likeness (QED) is 0.225. The van der Waals surface area contributed by atoms with Crippen LogP contribution >= 0.6 is 0 Å². The Bertz CT molecular complexity index is 1150. The monoisotopic (exact) mass is 470 g/mol. The van der Waals surface area contributed by atoms with Gasteiger partial charge in [-0.1, -0.05) is 67.6 Å². The maximum atomic E-state index is 11.5. The molecule has 0 heterocycles. The van der Waals surface area contributed by atoms with Gasteiger partial charge in [-0.2, -0.15) is 0 Å². The van der Waals surface area contributed by atoms with Crippen LogP contribution in [0.4, 0.5) is 0 Å². The van der Waals surface area contributed by atoms with Crippen LogP contribution in [0.2, 0.25) is 0 Å². The summed E-state index contributed by atoms with van der Waals surface area (Å²) in [7, 11) is 3.46. The highest BCUT2D eigenvalue weighted by atomic mass is 16.5. The Morgan fingerprint density at radius 2 is 1.66 bits per heavy atom. The maximum Gasteiger partial charge on any atom is 0.245 e. The Morgan fingerprint density at radius 3 is 2.31 bits per heavy atom. The Labute approximate surface area is 208 Å². The average Bonchev–Trinajstić information content (AvgIpc) is 2.87. The van der Waals surface area contributed by atoms with Crippen molar-refractivity contribution < 1.29 is 14.6 Å². The van der Waals surface area contributed by atoms with Crippen molar-refractivity contribution in [1.29, 1.82) is 0 Å². The summed E-state index contributed by atoms with van der Waals surface area (Å²) in [5.41, 5.74) is 5.53. The number of rotatable bonds is 11. The van der Waals surface area contributed by atoms with Crippen LogP contribution < -0.4 is 10.1 Å². The Kier molecular flexibility index (Phi) is 9.69. The van der Waals surface area contributed by atoms with Crippen molar-refractivity contribution in [3.63, 3.8) is 0 Å². The second-order valence-electron chi connectivity index (χ2n) is 8.34. The molecule has 0 unspecified atom stereocenters. The normalized spacial score (nSPS) is 11.9. The minimum atomic E-state index is -0.0271. The van der Waals surface area contributed by atoms with Gasteiger partial charge in [0.15, 0.2) is 0 Å². The van der Waals surface area contributed by atoms with Crippen molar-refractivity contribution in [3.8, 4) is 11.5 Å². The SMILES string of the molecule is CC/C(=C(/c1ccc(OCCNC/C=C/C(=O)N(C)C)cc1)c1cccc(O)c1)c1ccccc1. The van der Waals surface area contributed by atoms with Gasteiger partial charge >= 0.3 is 0 Å². The van der Waals surface area contributed by atoms with Crippen molar-refractivity contribution in [2.75, 3.05) is 33.8 Å². The van der Waals surface area contributed by atoms with Crippen LogP contribution in [0.3, 0.4) is 0 Å². The number of aromatic hydroxyl groups is 1. The molecule has 0 bridgehead atoms. The summed E-state index contributed by atoms with van der Waals surface area (Å²) >= 11 is 0. The number of carbonyl (C=O) groups excluding carboxylic acids is 1. The molecule has 35 heavy (non-hydrogen) atoms. The molecule has 0 atom stereocenters. The van der Waals surface area contributed by atoms with E-state index in [2.05, 4.69) is 36.5 Å². The summed E-state index contributed by atoms with van der Waals surface area (Å²) in [6.45, 7) is 3.96. The molecule has 0 aliphatic carbocycles. The van der Waals surface area contributed by atoms with Crippen LogP contribution in [0.15, 0.2) is 91.0 Å². The third-order valence-electron chi connectivity index (χ3n) is 5.57. The van der Waals surface area contributed by atoms with Crippen LogP contribution in [0.1, 0.15) is 30.0 Å². The number of ether oxygens (including phenoxy) is 1. The van der Waals surface area contributed by atoms with E-state index in [0.717, 1.165) is 28.9 Å². The van der Waals surface area contributed by atoms with Crippen LogP contribution in [0, 0.1) is 0 Å². The first-order valence-corrected chi connectivity index (χ1v) is 11.9. The molecule has 5 nitrogen and oxygen atoms in total. The zero-order valence-electron chi connectivity index (χ0n) is 20.7. The Morgan fingerprint density at radius 1 is 0.943 bits per heavy atom. The summed E-state index contributed by atoms with van der Waals surface area (Å²) in [4.78, 5) is 13.0. The van der Waals surface area contributed by atoms with E-state index in [1.807, 2.05) is 54.6 Å². The van der Waals surface area contributed by atoms with E-state index in [4.69, 9.17) is 4.74 Å². The Balaban J connectivity index is 1.72. The number of hydrogen-bond donors (Lipinski definition) is 2. The summed E-state index contributed by atoms with van der Waals surface area (Å²) in [5.74, 6) is 1.01. The van der Waals surface area contributed by atoms with E-state index in [1.165, 1.54) is 16.0 Å². The van der Waals surface area contributed by atoms with Crippen LogP contribution in [-0.4, -0.2) is 49.7 Å². The minimum Gasteiger partial charge on any atom is -0.508 e. The van der Waals surface area contributed by atoms with Gasteiger partial charge in [0.1, 0.15) is 18.1 Å². The lowest BCUT2D eigenvalue weighted by Crippen LogP contribution is -2.22. The molecular weight excluding hydrogens is 436 g/mol. The molecule has 0 aliphatic heterocycles. The zero-order valence-corrected chi connectivity index (χ0v) is 20.7. The molecule has 0 aliphatic rings. The zero-order chi connectivity index (χ0) is 25.0. The molecule has 1 amide bonds. The summed E-state index contributed by atoms with van der Waals surface area (Å²) in [6, 6.07) is 25.9. The molecule has 0 fully saturated rings. The van der Waals surface area contributed by atoms with Crippen molar-refractivity contribution in [1.82, 2.24) is 10.2 Å². The van der Waals surface area contributed by atoms with Crippen LogP contribution in [0.25, 0.3) is 11.1 Å². The largest absolute Gasteiger partial charge is 0.508 e. The second kappa shape index (κ2) is 13.2. The molecule has 182 valence electrons. The first-order chi connectivity index (χ1) is 17.0. The number of benzene rings is 3. The summed E-state index contributed by atoms with van der Waals surface area (Å²) in [6.07, 6.45) is 4.22. The maximum absolute atomic E-state index is 11.5. The molecule has 0 radical (unpaired) electrons. The predicted molar refractivity (Wildman–Crippen MR) is 143 cm³/mol. The van der Waals surface area contributed by atoms with Crippen molar-refractivity contribution >= 4 is 17.1 Å². The lowest BCUT2D eigenvalue weighted by atomic mass is 9.88. The summed E-state index contributed by atoms with van der Waals surface area (Å²) < 4.78 is 5.89. The van der Waals surface area contributed by atoms with Crippen LogP contribution in [0.5, 0.6) is 11.5 Å². The molecule has 0 saturated heterocycles. The third-order valence-corrected chi connectivity index (χ3v) is 5.57. The van der Waals surface area contributed by atoms with Gasteiger partial charge in [-0.05, 0) is 58.5 Å². The van der Waals surface area contributed by atoms with E-state index in [9.17, 15) is 9.90 Å². The molecule has 0 aromatic heterocycles. The molecule has 3 aromatic carbocycles. The van der Waals surface area contributed by atoms with Gasteiger partial charge in [0.2, 0.25) is 5.91 Å². The standard InChI is InChI=1S/C30H34N2O3/c1-4-28(23-10-6-5-7-11-23)30(25-12-8-13-26(33)22-25)24-15-17-27(18-16-24)35-21-20-31-19-9-14-29(34)32(2)3/h5-18,22,31,33H,4,19-21H2,1-3H3/b14-9+,30-28+. The molecular formula is C30H34N2O3. The average molecular weight is 471 g/mol. The molecule has 3 rings (SSSR count). The van der Waals surface area contributed by atoms with Gasteiger partial charge in [-0.3, -0.25) is 4.79 Å². The second-order valence-corrected chi connectivity index (χ2v) is 8.34. The van der Waals surface area contributed by atoms with Gasteiger partial charge < -0.3 is 20.1 Å². The topological polar surface area (TPSA) is 61.8 Å². The molecule has 0 saturated carbocycles. The van der Waals surface area contributed by atoms with Gasteiger partial charge in [-0.15, -0.1) is 0 Å². The number of nitrogens with one attached hydrogen (secondary N) is 1. The number of amides is 1. The number of phenolic OH excluding ortho intramolecular Hbond substituents is 1. The van der Waals surface area contributed by atoms with Crippen molar-refractivity contribution in [3.05, 3.63) is 108 Å². The van der Waals surface area contributed by atoms with Gasteiger partial charge in [-0.25, -0.2) is 0 Å². The fourth-order valence-electron chi connectivity index (χ4n) is 3.79. The van der Waals surface area contributed by atoms with Crippen molar-refractivity contribution in [2.24, 2.45) is 0 Å². The van der Waals surface area contributed by atoms with Crippen LogP contribution in [-0.2, 0) is 4.79 Å². The minimum absolute atomic E-state index is 0.0271. The number of carbonyl (C=O) groups is 1. The van der Waals surface area contributed by atoms with Gasteiger partial charge in [0.25, 0.3) is 0 Å². The number of nitrogens with zero attached hydrogens (tertiary/aromatic N) is 1. The highest BCUT2D eigenvalue weighted by Crippen LogP contribution is 2.35. The number of hydrogen-bond acceptors (Lipinski definition) is 4. The number of phenols is 1. The lowest BCUT2D eigenvalue weighted by Gasteiger charge is -2.17. The van der Waals surface area contributed by atoms with E-state index >= 15 is 0 Å². The number of allylic oxidation sites excluding steroid dienone is 1. The fraction of sp³-hybridized carbons (Fsp3) is 0.233.